The van der Waals surface area contributed by atoms with Crippen molar-refractivity contribution in [1.82, 2.24) is 4.90 Å². The summed E-state index contributed by atoms with van der Waals surface area (Å²) in [4.78, 5) is 14.3. The molecule has 1 aliphatic heterocycles. The summed E-state index contributed by atoms with van der Waals surface area (Å²) in [6.45, 7) is 10.1. The molecule has 5 atom stereocenters. The van der Waals surface area contributed by atoms with E-state index in [0.717, 1.165) is 30.8 Å². The summed E-state index contributed by atoms with van der Waals surface area (Å²) >= 11 is 0. The largest absolute Gasteiger partial charge is 0.299 e. The van der Waals surface area contributed by atoms with E-state index in [2.05, 4.69) is 32.6 Å². The summed E-state index contributed by atoms with van der Waals surface area (Å²) in [5.74, 6) is 2.34. The van der Waals surface area contributed by atoms with Crippen molar-refractivity contribution in [2.45, 2.75) is 59.0 Å². The van der Waals surface area contributed by atoms with E-state index >= 15 is 0 Å². The van der Waals surface area contributed by atoms with Gasteiger partial charge in [-0.15, -0.1) is 0 Å². The van der Waals surface area contributed by atoms with Gasteiger partial charge in [0.25, 0.3) is 0 Å². The van der Waals surface area contributed by atoms with Crippen LogP contribution in [0.4, 0.5) is 0 Å². The lowest BCUT2D eigenvalue weighted by atomic mass is 9.87. The summed E-state index contributed by atoms with van der Waals surface area (Å²) in [5, 5.41) is 0. The van der Waals surface area contributed by atoms with Crippen molar-refractivity contribution >= 4 is 5.78 Å². The Morgan fingerprint density at radius 1 is 1.12 bits per heavy atom. The van der Waals surface area contributed by atoms with Crippen molar-refractivity contribution in [3.05, 3.63) is 0 Å². The third kappa shape index (κ3) is 1.92. The lowest BCUT2D eigenvalue weighted by Gasteiger charge is -2.42. The quantitative estimate of drug-likeness (QED) is 0.681. The van der Waals surface area contributed by atoms with Gasteiger partial charge in [0.05, 0.1) is 0 Å². The Balaban J connectivity index is 2.07. The maximum Gasteiger partial charge on any atom is 0.138 e. The molecule has 2 aliphatic rings. The Morgan fingerprint density at radius 2 is 1.81 bits per heavy atom. The molecule has 92 valence electrons. The average Bonchev–Trinajstić information content (AvgIpc) is 2.58. The van der Waals surface area contributed by atoms with E-state index in [9.17, 15) is 4.79 Å². The minimum atomic E-state index is 0.233. The second kappa shape index (κ2) is 4.48. The Bertz CT molecular complexity index is 276. The van der Waals surface area contributed by atoms with Crippen molar-refractivity contribution in [2.24, 2.45) is 17.8 Å². The fraction of sp³-hybridized carbons (Fsp3) is 0.929. The highest BCUT2D eigenvalue weighted by Crippen LogP contribution is 2.37. The number of carbonyl (C=O) groups excluding carboxylic acids is 1. The molecule has 16 heavy (non-hydrogen) atoms. The van der Waals surface area contributed by atoms with Gasteiger partial charge in [-0.25, -0.2) is 0 Å². The number of nitrogens with zero attached hydrogens (tertiary/aromatic N) is 1. The fourth-order valence-corrected chi connectivity index (χ4v) is 3.50. The molecule has 0 aromatic rings. The van der Waals surface area contributed by atoms with Crippen LogP contribution in [0.1, 0.15) is 47.0 Å². The maximum atomic E-state index is 11.7. The first-order valence-electron chi connectivity index (χ1n) is 6.80. The molecule has 2 heteroatoms. The zero-order chi connectivity index (χ0) is 11.9. The van der Waals surface area contributed by atoms with Crippen LogP contribution in [-0.4, -0.2) is 29.3 Å². The molecule has 5 unspecified atom stereocenters. The van der Waals surface area contributed by atoms with E-state index in [1.807, 2.05) is 0 Å². The second-order valence-corrected chi connectivity index (χ2v) is 5.96. The minimum Gasteiger partial charge on any atom is -0.299 e. The predicted molar refractivity (Wildman–Crippen MR) is 66.3 cm³/mol. The van der Waals surface area contributed by atoms with E-state index in [0.29, 0.717) is 11.8 Å². The Hall–Kier alpha value is -0.370. The molecule has 2 fully saturated rings. The standard InChI is InChI=1S/C14H25NO/c1-9-5-6-13(10(9)2)15-8-7-14(16)11(3)12(15)4/h9-13H,5-8H2,1-4H3. The average molecular weight is 223 g/mol. The minimum absolute atomic E-state index is 0.233. The SMILES string of the molecule is CC1CCC(N2CCC(=O)C(C)C2C)C1C. The highest BCUT2D eigenvalue weighted by molar-refractivity contribution is 5.82. The van der Waals surface area contributed by atoms with Crippen molar-refractivity contribution in [3.8, 4) is 0 Å². The van der Waals surface area contributed by atoms with Crippen LogP contribution >= 0.6 is 0 Å². The third-order valence-electron chi connectivity index (χ3n) is 5.22. The molecule has 2 nitrogen and oxygen atoms in total. The summed E-state index contributed by atoms with van der Waals surface area (Å²) < 4.78 is 0. The van der Waals surface area contributed by atoms with Crippen LogP contribution in [0.15, 0.2) is 0 Å². The first-order valence-corrected chi connectivity index (χ1v) is 6.80. The third-order valence-corrected chi connectivity index (χ3v) is 5.22. The van der Waals surface area contributed by atoms with Crippen LogP contribution in [0.25, 0.3) is 0 Å². The molecule has 0 aromatic heterocycles. The van der Waals surface area contributed by atoms with E-state index < -0.39 is 0 Å². The smallest absolute Gasteiger partial charge is 0.138 e. The summed E-state index contributed by atoms with van der Waals surface area (Å²) in [6, 6.07) is 1.17. The fourth-order valence-electron chi connectivity index (χ4n) is 3.50. The number of piperidine rings is 1. The van der Waals surface area contributed by atoms with Crippen molar-refractivity contribution in [1.29, 1.82) is 0 Å². The van der Waals surface area contributed by atoms with Gasteiger partial charge in [0.2, 0.25) is 0 Å². The van der Waals surface area contributed by atoms with E-state index in [4.69, 9.17) is 0 Å². The molecular formula is C14H25NO. The van der Waals surface area contributed by atoms with E-state index in [1.165, 1.54) is 12.8 Å². The zero-order valence-corrected chi connectivity index (χ0v) is 11.1. The molecule has 0 aromatic carbocycles. The molecule has 1 heterocycles. The Kier molecular flexibility index (Phi) is 3.39. The lowest BCUT2D eigenvalue weighted by molar-refractivity contribution is -0.129. The highest BCUT2D eigenvalue weighted by Gasteiger charge is 2.40. The summed E-state index contributed by atoms with van der Waals surface area (Å²) in [5.41, 5.74) is 0. The Morgan fingerprint density at radius 3 is 2.38 bits per heavy atom. The molecule has 0 amide bonds. The molecular weight excluding hydrogens is 198 g/mol. The molecule has 0 N–H and O–H groups in total. The van der Waals surface area contributed by atoms with Gasteiger partial charge in [0.1, 0.15) is 5.78 Å². The molecule has 1 saturated carbocycles. The van der Waals surface area contributed by atoms with Crippen LogP contribution in [0, 0.1) is 17.8 Å². The molecule has 1 aliphatic carbocycles. The monoisotopic (exact) mass is 223 g/mol. The van der Waals surface area contributed by atoms with Crippen LogP contribution < -0.4 is 0 Å². The summed E-state index contributed by atoms with van der Waals surface area (Å²) in [6.07, 6.45) is 3.45. The molecule has 0 spiro atoms. The molecule has 1 saturated heterocycles. The topological polar surface area (TPSA) is 20.3 Å². The molecule has 0 bridgehead atoms. The van der Waals surface area contributed by atoms with Gasteiger partial charge in [0, 0.05) is 31.0 Å². The first kappa shape index (κ1) is 12.1. The first-order chi connectivity index (χ1) is 7.52. The zero-order valence-electron chi connectivity index (χ0n) is 11.1. The molecule has 0 radical (unpaired) electrons. The van der Waals surface area contributed by atoms with Crippen LogP contribution in [0.2, 0.25) is 0 Å². The highest BCUT2D eigenvalue weighted by atomic mass is 16.1. The lowest BCUT2D eigenvalue weighted by Crippen LogP contribution is -2.52. The van der Waals surface area contributed by atoms with Crippen LogP contribution in [0.3, 0.4) is 0 Å². The van der Waals surface area contributed by atoms with Gasteiger partial charge >= 0.3 is 0 Å². The number of hydrogen-bond donors (Lipinski definition) is 0. The number of carbonyl (C=O) groups is 1. The van der Waals surface area contributed by atoms with Crippen LogP contribution in [-0.2, 0) is 4.79 Å². The number of Topliss-reactive ketones (excluding diaryl/α,β-unsaturated/α-hetero) is 1. The number of rotatable bonds is 1. The van der Waals surface area contributed by atoms with Crippen molar-refractivity contribution in [3.63, 3.8) is 0 Å². The number of likely N-dealkylation sites (tertiary alicyclic amines) is 1. The maximum absolute atomic E-state index is 11.7. The molecule has 2 rings (SSSR count). The van der Waals surface area contributed by atoms with Crippen molar-refractivity contribution < 1.29 is 4.79 Å². The van der Waals surface area contributed by atoms with Gasteiger partial charge in [-0.2, -0.15) is 0 Å². The van der Waals surface area contributed by atoms with Gasteiger partial charge in [-0.05, 0) is 31.6 Å². The van der Waals surface area contributed by atoms with E-state index in [1.54, 1.807) is 0 Å². The number of hydrogen-bond acceptors (Lipinski definition) is 2. The van der Waals surface area contributed by atoms with Gasteiger partial charge < -0.3 is 0 Å². The van der Waals surface area contributed by atoms with Crippen LogP contribution in [0.5, 0.6) is 0 Å². The second-order valence-electron chi connectivity index (χ2n) is 5.96. The van der Waals surface area contributed by atoms with E-state index in [-0.39, 0.29) is 5.92 Å². The van der Waals surface area contributed by atoms with Gasteiger partial charge in [-0.3, -0.25) is 9.69 Å². The van der Waals surface area contributed by atoms with Gasteiger partial charge in [-0.1, -0.05) is 20.8 Å². The van der Waals surface area contributed by atoms with Crippen molar-refractivity contribution in [2.75, 3.05) is 6.54 Å². The predicted octanol–water partition coefficient (Wildman–Crippen LogP) is 2.72. The summed E-state index contributed by atoms with van der Waals surface area (Å²) in [7, 11) is 0. The normalized spacial score (nSPS) is 46.2. The number of ketones is 1. The Labute approximate surface area is 99.4 Å². The van der Waals surface area contributed by atoms with Gasteiger partial charge in [0.15, 0.2) is 0 Å².